The highest BCUT2D eigenvalue weighted by atomic mass is 31.2. The van der Waals surface area contributed by atoms with Crippen LogP contribution in [0.3, 0.4) is 0 Å². The Morgan fingerprint density at radius 1 is 0.330 bits per heavy atom. The molecule has 2 atom stereocenters. The number of unbranched alkanes of at least 4 members (excludes halogenated alkanes) is 35. The number of allylic oxidation sites excluding steroid dienone is 24. The van der Waals surface area contributed by atoms with Crippen molar-refractivity contribution in [2.75, 3.05) is 26.4 Å². The highest BCUT2D eigenvalue weighted by Gasteiger charge is 2.26. The topological polar surface area (TPSA) is 134 Å². The highest BCUT2D eigenvalue weighted by Crippen LogP contribution is 2.43. The Balaban J connectivity index is 3.95. The monoisotopic (exact) mass is 1330 g/mol. The molecule has 0 fully saturated rings. The molecule has 2 unspecified atom stereocenters. The van der Waals surface area contributed by atoms with Gasteiger partial charge < -0.3 is 20.1 Å². The maximum Gasteiger partial charge on any atom is 0.472 e. The molecule has 0 aliphatic rings. The second-order valence-electron chi connectivity index (χ2n) is 25.5. The summed E-state index contributed by atoms with van der Waals surface area (Å²) in [7, 11) is -4.42. The van der Waals surface area contributed by atoms with Gasteiger partial charge in [0.1, 0.15) is 6.61 Å². The fourth-order valence-corrected chi connectivity index (χ4v) is 11.6. The van der Waals surface area contributed by atoms with Crippen molar-refractivity contribution in [1.29, 1.82) is 0 Å². The van der Waals surface area contributed by atoms with Crippen molar-refractivity contribution in [1.82, 2.24) is 0 Å². The lowest BCUT2D eigenvalue weighted by Crippen LogP contribution is -2.29. The van der Waals surface area contributed by atoms with Gasteiger partial charge >= 0.3 is 19.8 Å². The van der Waals surface area contributed by atoms with E-state index in [1.54, 1.807) is 0 Å². The van der Waals surface area contributed by atoms with Crippen LogP contribution in [0.5, 0.6) is 0 Å². The first kappa shape index (κ1) is 89.9. The van der Waals surface area contributed by atoms with E-state index in [0.717, 1.165) is 109 Å². The van der Waals surface area contributed by atoms with Crippen molar-refractivity contribution in [2.45, 2.75) is 347 Å². The number of rotatable bonds is 72. The van der Waals surface area contributed by atoms with E-state index in [9.17, 15) is 19.0 Å². The van der Waals surface area contributed by atoms with E-state index < -0.39 is 32.5 Å². The van der Waals surface area contributed by atoms with E-state index in [0.29, 0.717) is 6.42 Å². The molecule has 0 heterocycles. The fourth-order valence-electron chi connectivity index (χ4n) is 10.8. The van der Waals surface area contributed by atoms with Crippen LogP contribution in [0.25, 0.3) is 0 Å². The average Bonchev–Trinajstić information content (AvgIpc) is 2.74. The Hall–Kier alpha value is -4.11. The number of ether oxygens (including phenoxy) is 2. The van der Waals surface area contributed by atoms with Gasteiger partial charge in [0.05, 0.1) is 13.2 Å². The first-order valence-corrected chi connectivity index (χ1v) is 40.3. The minimum absolute atomic E-state index is 0.0403. The van der Waals surface area contributed by atoms with Crippen LogP contribution < -0.4 is 5.73 Å². The lowest BCUT2D eigenvalue weighted by molar-refractivity contribution is -0.161. The van der Waals surface area contributed by atoms with Crippen molar-refractivity contribution in [2.24, 2.45) is 5.73 Å². The molecule has 10 heteroatoms. The summed E-state index contributed by atoms with van der Waals surface area (Å²) >= 11 is 0. The zero-order chi connectivity index (χ0) is 67.9. The molecule has 0 aromatic carbocycles. The van der Waals surface area contributed by atoms with Crippen molar-refractivity contribution in [3.63, 3.8) is 0 Å². The summed E-state index contributed by atoms with van der Waals surface area (Å²) in [6.45, 7) is 3.61. The molecule has 0 spiro atoms. The minimum atomic E-state index is -4.42. The molecule has 538 valence electrons. The lowest BCUT2D eigenvalue weighted by atomic mass is 10.0. The van der Waals surface area contributed by atoms with E-state index in [1.807, 2.05) is 0 Å². The van der Waals surface area contributed by atoms with E-state index >= 15 is 0 Å². The number of hydrogen-bond acceptors (Lipinski definition) is 8. The second kappa shape index (κ2) is 77.9. The molecule has 0 amide bonds. The summed E-state index contributed by atoms with van der Waals surface area (Å²) in [6.07, 6.45) is 113. The lowest BCUT2D eigenvalue weighted by Gasteiger charge is -2.19. The maximum atomic E-state index is 12.8. The van der Waals surface area contributed by atoms with Crippen LogP contribution in [0, 0.1) is 0 Å². The minimum Gasteiger partial charge on any atom is -0.462 e. The fraction of sp³-hybridized carbons (Fsp3) is 0.690. The molecule has 9 nitrogen and oxygen atoms in total. The van der Waals surface area contributed by atoms with Crippen LogP contribution in [0.4, 0.5) is 0 Å². The van der Waals surface area contributed by atoms with Gasteiger partial charge in [0.15, 0.2) is 6.10 Å². The van der Waals surface area contributed by atoms with Crippen LogP contribution in [0.2, 0.25) is 0 Å². The third-order valence-corrected chi connectivity index (χ3v) is 17.5. The van der Waals surface area contributed by atoms with Gasteiger partial charge in [-0.25, -0.2) is 4.57 Å². The van der Waals surface area contributed by atoms with Gasteiger partial charge in [0, 0.05) is 19.4 Å². The molecular weight excluding hydrogens is 1180 g/mol. The van der Waals surface area contributed by atoms with Gasteiger partial charge in [-0.2, -0.15) is 0 Å². The van der Waals surface area contributed by atoms with Crippen molar-refractivity contribution in [3.05, 3.63) is 146 Å². The zero-order valence-electron chi connectivity index (χ0n) is 60.7. The van der Waals surface area contributed by atoms with Gasteiger partial charge in [-0.05, 0) is 103 Å². The molecule has 0 rings (SSSR count). The molecule has 0 aliphatic carbocycles. The maximum absolute atomic E-state index is 12.8. The van der Waals surface area contributed by atoms with Crippen molar-refractivity contribution in [3.8, 4) is 0 Å². The Kier molecular flexibility index (Phi) is 74.5. The Morgan fingerprint density at radius 2 is 0.585 bits per heavy atom. The standard InChI is InChI=1S/C84H144NO8P/c1-3-5-7-9-11-13-15-17-19-21-23-25-27-29-31-33-35-37-39-40-41-42-43-45-47-49-51-53-55-57-59-61-63-65-67-69-71-73-75-77-84(87)93-82(81-92-94(88,89)91-79-78-85)80-90-83(86)76-74-72-70-68-66-64-62-60-58-56-54-52-50-48-46-44-38-36-34-32-30-28-26-24-22-20-18-16-14-12-10-8-6-4-2/h5,7,11,13,17,19,23,25,29,31,35,37,40-41,43,45,49,51,55,57,61,63,67,69,82H,3-4,6,8-10,12,14-16,18,20-22,24,26-28,30,32-34,36,38-39,42,44,46-48,50,52-54,56,58-60,62,64-66,68,70-81,85H2,1-2H3,(H,88,89)/b7-5-,13-11-,19-17-,25-23-,31-29-,37-35-,41-40-,45-43-,51-49-,57-55-,63-61-,69-67-. The van der Waals surface area contributed by atoms with E-state index in [1.165, 1.54) is 199 Å². The van der Waals surface area contributed by atoms with Crippen LogP contribution >= 0.6 is 7.82 Å². The van der Waals surface area contributed by atoms with Crippen LogP contribution in [-0.2, 0) is 32.7 Å². The summed E-state index contributed by atoms with van der Waals surface area (Å²) in [6, 6.07) is 0. The number of nitrogens with two attached hydrogens (primary N) is 1. The first-order chi connectivity index (χ1) is 46.3. The normalized spacial score (nSPS) is 13.7. The van der Waals surface area contributed by atoms with Crippen molar-refractivity contribution < 1.29 is 37.6 Å². The Morgan fingerprint density at radius 3 is 0.872 bits per heavy atom. The summed E-state index contributed by atoms with van der Waals surface area (Å²) in [5.41, 5.74) is 5.41. The SMILES string of the molecule is CC/C=C\C/C=C\C/C=C\C/C=C\C/C=C\C/C=C\C/C=C\C/C=C\C/C=C\C/C=C\C/C=C\C/C=C\CCCCC(=O)OC(COC(=O)CCCCCCCCCCCCCCCCCCCCCCCCCCCCCCCCCCCC)COP(=O)(O)OCCN. The van der Waals surface area contributed by atoms with E-state index in [2.05, 4.69) is 160 Å². The number of esters is 2. The number of carbonyl (C=O) groups excluding carboxylic acids is 2. The molecular formula is C84H144NO8P. The molecule has 0 bridgehead atoms. The van der Waals surface area contributed by atoms with Gasteiger partial charge in [-0.3, -0.25) is 18.6 Å². The molecule has 0 aromatic heterocycles. The van der Waals surface area contributed by atoms with E-state index in [4.69, 9.17) is 24.3 Å². The Labute approximate surface area is 579 Å². The predicted octanol–water partition coefficient (Wildman–Crippen LogP) is 26.1. The molecule has 0 saturated carbocycles. The molecule has 3 N–H and O–H groups in total. The summed E-state index contributed by atoms with van der Waals surface area (Å²) in [5, 5.41) is 0. The molecule has 0 aromatic rings. The third kappa shape index (κ3) is 76.9. The summed E-state index contributed by atoms with van der Waals surface area (Å²) in [5.74, 6) is -0.876. The van der Waals surface area contributed by atoms with Gasteiger partial charge in [-0.15, -0.1) is 0 Å². The first-order valence-electron chi connectivity index (χ1n) is 38.8. The number of carbonyl (C=O) groups is 2. The third-order valence-electron chi connectivity index (χ3n) is 16.5. The molecule has 0 radical (unpaired) electrons. The van der Waals surface area contributed by atoms with Gasteiger partial charge in [0.2, 0.25) is 0 Å². The molecule has 0 saturated heterocycles. The molecule has 0 aliphatic heterocycles. The summed E-state index contributed by atoms with van der Waals surface area (Å²) in [4.78, 5) is 35.4. The zero-order valence-corrected chi connectivity index (χ0v) is 61.5. The van der Waals surface area contributed by atoms with Crippen LogP contribution in [0.15, 0.2) is 146 Å². The smallest absolute Gasteiger partial charge is 0.462 e. The van der Waals surface area contributed by atoms with Crippen molar-refractivity contribution >= 4 is 19.8 Å². The second-order valence-corrected chi connectivity index (χ2v) is 27.0. The summed E-state index contributed by atoms with van der Waals surface area (Å²) < 4.78 is 33.2. The van der Waals surface area contributed by atoms with E-state index in [-0.39, 0.29) is 32.6 Å². The Bertz CT molecular complexity index is 2060. The number of hydrogen-bond donors (Lipinski definition) is 2. The quantitative estimate of drug-likeness (QED) is 0.0264. The average molecular weight is 1330 g/mol. The van der Waals surface area contributed by atoms with Crippen LogP contribution in [0.1, 0.15) is 341 Å². The van der Waals surface area contributed by atoms with Gasteiger partial charge in [0.25, 0.3) is 0 Å². The number of phosphoric ester groups is 1. The van der Waals surface area contributed by atoms with Crippen LogP contribution in [-0.4, -0.2) is 49.3 Å². The van der Waals surface area contributed by atoms with Gasteiger partial charge in [-0.1, -0.05) is 372 Å². The largest absolute Gasteiger partial charge is 0.472 e. The predicted molar refractivity (Wildman–Crippen MR) is 408 cm³/mol. The molecule has 94 heavy (non-hydrogen) atoms. The highest BCUT2D eigenvalue weighted by molar-refractivity contribution is 7.47. The number of phosphoric acid groups is 1.